The number of anilines is 1. The van der Waals surface area contributed by atoms with Crippen LogP contribution >= 0.6 is 0 Å². The molecule has 0 unspecified atom stereocenters. The third-order valence-electron chi connectivity index (χ3n) is 6.25. The molecule has 10 heteroatoms. The molecule has 1 aliphatic rings. The Hall–Kier alpha value is -2.56. The number of aliphatic hydroxyl groups is 2. The number of aliphatic hydroxyl groups excluding tert-OH is 2. The predicted molar refractivity (Wildman–Crippen MR) is 125 cm³/mol. The van der Waals surface area contributed by atoms with Crippen LogP contribution in [0, 0.1) is 5.92 Å². The van der Waals surface area contributed by atoms with Crippen molar-refractivity contribution in [2.45, 2.75) is 90.1 Å². The lowest BCUT2D eigenvalue weighted by atomic mass is 9.93. The number of aromatic nitrogens is 3. The summed E-state index contributed by atoms with van der Waals surface area (Å²) in [6.07, 6.45) is 3.55. The first kappa shape index (κ1) is 26.1. The third kappa shape index (κ3) is 5.56. The first-order chi connectivity index (χ1) is 16.2. The fourth-order valence-electron chi connectivity index (χ4n) is 4.15. The van der Waals surface area contributed by atoms with Gasteiger partial charge in [-0.3, -0.25) is 9.59 Å². The van der Waals surface area contributed by atoms with Crippen molar-refractivity contribution in [3.63, 3.8) is 0 Å². The van der Waals surface area contributed by atoms with Crippen LogP contribution in [0.5, 0.6) is 0 Å². The quantitative estimate of drug-likeness (QED) is 0.333. The Morgan fingerprint density at radius 1 is 1.24 bits per heavy atom. The van der Waals surface area contributed by atoms with E-state index in [2.05, 4.69) is 22.3 Å². The summed E-state index contributed by atoms with van der Waals surface area (Å²) in [7, 11) is 0. The molecular weight excluding hydrogens is 440 g/mol. The van der Waals surface area contributed by atoms with Gasteiger partial charge < -0.3 is 25.0 Å². The number of unbranched alkanes of at least 4 members (excludes halogenated alkanes) is 4. The summed E-state index contributed by atoms with van der Waals surface area (Å²) in [5, 5.41) is 28.5. The molecule has 0 aromatic carbocycles. The number of carbonyl (C=O) groups is 2. The largest absolute Gasteiger partial charge is 0.463 e. The molecule has 188 valence electrons. The number of hydrogen-bond acceptors (Lipinski definition) is 8. The first-order valence-electron chi connectivity index (χ1n) is 12.0. The number of amides is 1. The van der Waals surface area contributed by atoms with E-state index < -0.39 is 29.9 Å². The molecule has 0 saturated carbocycles. The molecule has 2 aromatic rings. The van der Waals surface area contributed by atoms with Gasteiger partial charge >= 0.3 is 5.97 Å². The van der Waals surface area contributed by atoms with Gasteiger partial charge in [-0.15, -0.1) is 0 Å². The maximum atomic E-state index is 12.4. The van der Waals surface area contributed by atoms with E-state index in [0.717, 1.165) is 25.7 Å². The van der Waals surface area contributed by atoms with E-state index in [4.69, 9.17) is 9.47 Å². The van der Waals surface area contributed by atoms with Crippen molar-refractivity contribution < 1.29 is 29.3 Å². The van der Waals surface area contributed by atoms with Gasteiger partial charge in [0.2, 0.25) is 5.91 Å². The highest BCUT2D eigenvalue weighted by Crippen LogP contribution is 2.40. The van der Waals surface area contributed by atoms with E-state index >= 15 is 0 Å². The highest BCUT2D eigenvalue weighted by atomic mass is 16.6. The number of ether oxygens (including phenoxy) is 2. The molecule has 1 fully saturated rings. The highest BCUT2D eigenvalue weighted by molar-refractivity contribution is 5.93. The smallest absolute Gasteiger partial charge is 0.308 e. The maximum absolute atomic E-state index is 12.4. The van der Waals surface area contributed by atoms with Crippen LogP contribution in [0.4, 0.5) is 5.82 Å². The molecule has 0 bridgehead atoms. The van der Waals surface area contributed by atoms with E-state index in [1.54, 1.807) is 32.9 Å². The van der Waals surface area contributed by atoms with E-state index in [1.807, 2.05) is 0 Å². The predicted octanol–water partition coefficient (Wildman–Crippen LogP) is 2.56. The summed E-state index contributed by atoms with van der Waals surface area (Å²) in [6, 6.07) is 3.44. The SMILES string of the molecule is CCCCCCCC(=O)Nc1ncnn2c([C@]3(C)O[C@H](COC(=O)C(C)C)[C@@H](O)[C@H]3O)ccc12. The number of esters is 1. The molecule has 0 aliphatic carbocycles. The molecule has 2 aromatic heterocycles. The summed E-state index contributed by atoms with van der Waals surface area (Å²) in [5.41, 5.74) is -0.308. The maximum Gasteiger partial charge on any atom is 0.308 e. The summed E-state index contributed by atoms with van der Waals surface area (Å²) in [4.78, 5) is 28.4. The number of nitrogens with zero attached hydrogens (tertiary/aromatic N) is 3. The minimum atomic E-state index is -1.32. The molecule has 4 atom stereocenters. The van der Waals surface area contributed by atoms with Crippen LogP contribution in [0.25, 0.3) is 5.52 Å². The zero-order valence-corrected chi connectivity index (χ0v) is 20.4. The number of fused-ring (bicyclic) bond motifs is 1. The minimum Gasteiger partial charge on any atom is -0.463 e. The summed E-state index contributed by atoms with van der Waals surface area (Å²) >= 11 is 0. The van der Waals surface area contributed by atoms with Gasteiger partial charge in [-0.1, -0.05) is 46.5 Å². The zero-order valence-electron chi connectivity index (χ0n) is 20.4. The van der Waals surface area contributed by atoms with Gasteiger partial charge in [-0.2, -0.15) is 5.10 Å². The van der Waals surface area contributed by atoms with Crippen LogP contribution in [0.2, 0.25) is 0 Å². The molecule has 1 amide bonds. The van der Waals surface area contributed by atoms with Crippen LogP contribution in [0.1, 0.15) is 71.9 Å². The minimum absolute atomic E-state index is 0.120. The molecule has 1 saturated heterocycles. The van der Waals surface area contributed by atoms with Crippen molar-refractivity contribution in [3.8, 4) is 0 Å². The average Bonchev–Trinajstić information content (AvgIpc) is 3.34. The summed E-state index contributed by atoms with van der Waals surface area (Å²) in [5.74, 6) is -0.485. The van der Waals surface area contributed by atoms with Crippen molar-refractivity contribution in [1.29, 1.82) is 0 Å². The lowest BCUT2D eigenvalue weighted by molar-refractivity contribution is -0.155. The Morgan fingerprint density at radius 3 is 2.68 bits per heavy atom. The second-order valence-corrected chi connectivity index (χ2v) is 9.32. The fourth-order valence-corrected chi connectivity index (χ4v) is 4.15. The summed E-state index contributed by atoms with van der Waals surface area (Å²) < 4.78 is 12.8. The Morgan fingerprint density at radius 2 is 1.97 bits per heavy atom. The van der Waals surface area contributed by atoms with E-state index in [-0.39, 0.29) is 18.4 Å². The molecule has 0 radical (unpaired) electrons. The normalized spacial score (nSPS) is 24.6. The Balaban J connectivity index is 1.74. The van der Waals surface area contributed by atoms with Crippen molar-refractivity contribution in [2.75, 3.05) is 11.9 Å². The lowest BCUT2D eigenvalue weighted by Crippen LogP contribution is -2.39. The van der Waals surface area contributed by atoms with Crippen molar-refractivity contribution in [1.82, 2.24) is 14.6 Å². The molecule has 3 rings (SSSR count). The van der Waals surface area contributed by atoms with Gasteiger partial charge in [-0.25, -0.2) is 9.50 Å². The van der Waals surface area contributed by atoms with Crippen molar-refractivity contribution in [3.05, 3.63) is 24.2 Å². The van der Waals surface area contributed by atoms with Crippen LogP contribution in [-0.2, 0) is 24.7 Å². The number of nitrogens with one attached hydrogen (secondary N) is 1. The Kier molecular flexibility index (Phi) is 8.62. The fraction of sp³-hybridized carbons (Fsp3) is 0.667. The highest BCUT2D eigenvalue weighted by Gasteiger charge is 2.54. The second kappa shape index (κ2) is 11.2. The van der Waals surface area contributed by atoms with Crippen LogP contribution in [0.3, 0.4) is 0 Å². The summed E-state index contributed by atoms with van der Waals surface area (Å²) in [6.45, 7) is 7.04. The third-order valence-corrected chi connectivity index (χ3v) is 6.25. The van der Waals surface area contributed by atoms with E-state index in [0.29, 0.717) is 23.4 Å². The van der Waals surface area contributed by atoms with Crippen molar-refractivity contribution >= 4 is 23.2 Å². The Labute approximate surface area is 199 Å². The van der Waals surface area contributed by atoms with E-state index in [1.165, 1.54) is 17.3 Å². The van der Waals surface area contributed by atoms with Gasteiger partial charge in [0.25, 0.3) is 0 Å². The Bertz CT molecular complexity index is 993. The monoisotopic (exact) mass is 476 g/mol. The lowest BCUT2D eigenvalue weighted by Gasteiger charge is -2.27. The van der Waals surface area contributed by atoms with Gasteiger partial charge in [0.1, 0.15) is 42.4 Å². The molecule has 10 nitrogen and oxygen atoms in total. The van der Waals surface area contributed by atoms with Gasteiger partial charge in [0.05, 0.1) is 11.6 Å². The number of rotatable bonds is 11. The van der Waals surface area contributed by atoms with Gasteiger partial charge in [-0.05, 0) is 25.5 Å². The van der Waals surface area contributed by atoms with E-state index in [9.17, 15) is 19.8 Å². The zero-order chi connectivity index (χ0) is 24.9. The average molecular weight is 477 g/mol. The molecule has 1 aliphatic heterocycles. The number of carbonyl (C=O) groups excluding carboxylic acids is 2. The van der Waals surface area contributed by atoms with Gasteiger partial charge in [0, 0.05) is 6.42 Å². The molecule has 3 heterocycles. The van der Waals surface area contributed by atoms with Crippen LogP contribution in [0.15, 0.2) is 18.5 Å². The molecular formula is C24H36N4O6. The topological polar surface area (TPSA) is 135 Å². The standard InChI is InChI=1S/C24H36N4O6/c1-5-6-7-8-9-10-19(29)27-22-16-11-12-18(28(16)26-14-25-22)24(4)21(31)20(30)17(34-24)13-33-23(32)15(2)3/h11-12,14-15,17,20-21,30-31H,5-10,13H2,1-4H3,(H,25,26,27,29)/t17-,20-,21-,24+/m1/s1. The molecule has 34 heavy (non-hydrogen) atoms. The first-order valence-corrected chi connectivity index (χ1v) is 12.0. The van der Waals surface area contributed by atoms with Crippen LogP contribution < -0.4 is 5.32 Å². The van der Waals surface area contributed by atoms with Gasteiger partial charge in [0.15, 0.2) is 5.82 Å². The second-order valence-electron chi connectivity index (χ2n) is 9.32. The van der Waals surface area contributed by atoms with Crippen LogP contribution in [-0.4, -0.2) is 61.6 Å². The van der Waals surface area contributed by atoms with Crippen molar-refractivity contribution in [2.24, 2.45) is 5.92 Å². The number of hydrogen-bond donors (Lipinski definition) is 3. The molecule has 0 spiro atoms. The molecule has 3 N–H and O–H groups in total.